The first-order chi connectivity index (χ1) is 17.9. The Kier molecular flexibility index (Phi) is 8.30. The molecule has 204 valence electrons. The van der Waals surface area contributed by atoms with Crippen LogP contribution in [0.2, 0.25) is 0 Å². The third-order valence-corrected chi connectivity index (χ3v) is 9.11. The van der Waals surface area contributed by atoms with Crippen LogP contribution in [-0.4, -0.2) is 24.1 Å². The highest BCUT2D eigenvalue weighted by Crippen LogP contribution is 2.46. The lowest BCUT2D eigenvalue weighted by atomic mass is 9.74. The Morgan fingerprint density at radius 1 is 0.892 bits per heavy atom. The van der Waals surface area contributed by atoms with E-state index >= 15 is 0 Å². The minimum atomic E-state index is -1.36. The molecular weight excluding hydrogens is 484 g/mol. The van der Waals surface area contributed by atoms with Crippen LogP contribution in [0.15, 0.2) is 35.9 Å². The standard InChI is InChI=1S/C30H38F4O3/c1-2-3-17-4-6-18(7-5-17)22-14-15-24(29(34)27(22)32)37-30(35)20-10-8-19(9-11-20)21-12-13-23(25-16-36-25)28(33)26(21)31/h8,10,14-15,17-21,23,25,30,35H,2-7,9,11-13,16H2,1H3. The zero-order valence-electron chi connectivity index (χ0n) is 21.5. The zero-order chi connectivity index (χ0) is 26.1. The summed E-state index contributed by atoms with van der Waals surface area (Å²) in [5, 5.41) is 10.6. The van der Waals surface area contributed by atoms with Crippen LogP contribution < -0.4 is 4.74 Å². The molecule has 1 aromatic carbocycles. The van der Waals surface area contributed by atoms with Crippen LogP contribution in [0, 0.1) is 41.2 Å². The van der Waals surface area contributed by atoms with Gasteiger partial charge < -0.3 is 14.6 Å². The number of allylic oxidation sites excluding steroid dienone is 2. The van der Waals surface area contributed by atoms with E-state index in [1.54, 1.807) is 18.2 Å². The van der Waals surface area contributed by atoms with Gasteiger partial charge in [-0.1, -0.05) is 38.0 Å². The predicted octanol–water partition coefficient (Wildman–Crippen LogP) is 7.89. The molecule has 1 saturated carbocycles. The summed E-state index contributed by atoms with van der Waals surface area (Å²) in [5.41, 5.74) is 0.389. The van der Waals surface area contributed by atoms with Crippen LogP contribution in [0.5, 0.6) is 5.75 Å². The molecule has 1 aliphatic heterocycles. The molecule has 37 heavy (non-hydrogen) atoms. The van der Waals surface area contributed by atoms with E-state index in [1.807, 2.05) is 0 Å². The maximum absolute atomic E-state index is 15.0. The number of aliphatic hydroxyl groups excluding tert-OH is 1. The van der Waals surface area contributed by atoms with Gasteiger partial charge in [-0.2, -0.15) is 4.39 Å². The highest BCUT2D eigenvalue weighted by molar-refractivity contribution is 5.33. The van der Waals surface area contributed by atoms with E-state index in [9.17, 15) is 22.7 Å². The first kappa shape index (κ1) is 26.7. The average Bonchev–Trinajstić information content (AvgIpc) is 3.75. The van der Waals surface area contributed by atoms with Crippen LogP contribution >= 0.6 is 0 Å². The van der Waals surface area contributed by atoms with Crippen LogP contribution in [0.3, 0.4) is 0 Å². The molecule has 6 atom stereocenters. The van der Waals surface area contributed by atoms with E-state index < -0.39 is 47.3 Å². The Morgan fingerprint density at radius 2 is 1.59 bits per heavy atom. The number of hydrogen-bond donors (Lipinski definition) is 1. The van der Waals surface area contributed by atoms with Crippen molar-refractivity contribution in [2.24, 2.45) is 29.6 Å². The summed E-state index contributed by atoms with van der Waals surface area (Å²) < 4.78 is 69.8. The fourth-order valence-corrected chi connectivity index (χ4v) is 6.78. The van der Waals surface area contributed by atoms with Gasteiger partial charge >= 0.3 is 0 Å². The summed E-state index contributed by atoms with van der Waals surface area (Å²) in [7, 11) is 0. The first-order valence-electron chi connectivity index (χ1n) is 14.0. The van der Waals surface area contributed by atoms with Gasteiger partial charge in [0.05, 0.1) is 12.7 Å². The summed E-state index contributed by atoms with van der Waals surface area (Å²) in [6, 6.07) is 3.00. The minimum Gasteiger partial charge on any atom is -0.461 e. The number of ether oxygens (including phenoxy) is 2. The van der Waals surface area contributed by atoms with E-state index in [1.165, 1.54) is 12.5 Å². The molecule has 0 radical (unpaired) electrons. The molecule has 6 unspecified atom stereocenters. The van der Waals surface area contributed by atoms with Crippen molar-refractivity contribution in [3.63, 3.8) is 0 Å². The summed E-state index contributed by atoms with van der Waals surface area (Å²) in [6.45, 7) is 2.66. The minimum absolute atomic E-state index is 0.00550. The molecule has 0 aromatic heterocycles. The van der Waals surface area contributed by atoms with Gasteiger partial charge in [0, 0.05) is 17.8 Å². The predicted molar refractivity (Wildman–Crippen MR) is 133 cm³/mol. The molecule has 1 N–H and O–H groups in total. The first-order valence-corrected chi connectivity index (χ1v) is 14.0. The fraction of sp³-hybridized carbons (Fsp3) is 0.667. The largest absolute Gasteiger partial charge is 0.461 e. The molecule has 0 bridgehead atoms. The monoisotopic (exact) mass is 522 g/mol. The van der Waals surface area contributed by atoms with Gasteiger partial charge in [-0.15, -0.1) is 0 Å². The molecule has 2 fully saturated rings. The van der Waals surface area contributed by atoms with Crippen molar-refractivity contribution in [2.75, 3.05) is 6.61 Å². The number of halogens is 4. The normalized spacial score (nSPS) is 34.9. The molecule has 7 heteroatoms. The molecule has 4 aliphatic rings. The molecule has 1 aromatic rings. The molecule has 3 nitrogen and oxygen atoms in total. The Hall–Kier alpha value is -1.86. The lowest BCUT2D eigenvalue weighted by molar-refractivity contribution is -0.0559. The molecule has 0 spiro atoms. The smallest absolute Gasteiger partial charge is 0.203 e. The number of epoxide rings is 1. The highest BCUT2D eigenvalue weighted by atomic mass is 19.2. The number of hydrogen-bond acceptors (Lipinski definition) is 3. The average molecular weight is 523 g/mol. The maximum Gasteiger partial charge on any atom is 0.203 e. The lowest BCUT2D eigenvalue weighted by Crippen LogP contribution is -2.31. The van der Waals surface area contributed by atoms with E-state index in [0.717, 1.165) is 32.1 Å². The Morgan fingerprint density at radius 3 is 2.24 bits per heavy atom. The number of aliphatic hydroxyl groups is 1. The van der Waals surface area contributed by atoms with Gasteiger partial charge in [0.25, 0.3) is 0 Å². The van der Waals surface area contributed by atoms with Crippen molar-refractivity contribution in [1.82, 2.24) is 0 Å². The van der Waals surface area contributed by atoms with Gasteiger partial charge in [0.1, 0.15) is 11.7 Å². The van der Waals surface area contributed by atoms with Gasteiger partial charge in [-0.25, -0.2) is 13.2 Å². The second-order valence-electron chi connectivity index (χ2n) is 11.4. The van der Waals surface area contributed by atoms with Crippen LogP contribution in [0.1, 0.15) is 82.6 Å². The molecule has 5 rings (SSSR count). The topological polar surface area (TPSA) is 42.0 Å². The Labute approximate surface area is 216 Å². The van der Waals surface area contributed by atoms with Crippen molar-refractivity contribution >= 4 is 0 Å². The van der Waals surface area contributed by atoms with E-state index in [4.69, 9.17) is 9.47 Å². The Balaban J connectivity index is 1.18. The molecule has 3 aliphatic carbocycles. The molecule has 1 heterocycles. The van der Waals surface area contributed by atoms with Crippen molar-refractivity contribution in [2.45, 2.75) is 89.4 Å². The van der Waals surface area contributed by atoms with Crippen LogP contribution in [0.4, 0.5) is 17.6 Å². The van der Waals surface area contributed by atoms with Crippen molar-refractivity contribution in [1.29, 1.82) is 0 Å². The van der Waals surface area contributed by atoms with Gasteiger partial charge in [0.2, 0.25) is 12.1 Å². The summed E-state index contributed by atoms with van der Waals surface area (Å²) >= 11 is 0. The summed E-state index contributed by atoms with van der Waals surface area (Å²) in [4.78, 5) is 0. The van der Waals surface area contributed by atoms with Crippen molar-refractivity contribution in [3.8, 4) is 5.75 Å². The summed E-state index contributed by atoms with van der Waals surface area (Å²) in [5.74, 6) is -4.52. The highest BCUT2D eigenvalue weighted by Gasteiger charge is 2.43. The fourth-order valence-electron chi connectivity index (χ4n) is 6.78. The number of benzene rings is 1. The quantitative estimate of drug-likeness (QED) is 0.163. The third-order valence-electron chi connectivity index (χ3n) is 9.11. The number of rotatable bonds is 8. The molecule has 0 amide bonds. The van der Waals surface area contributed by atoms with Gasteiger partial charge in [0.15, 0.2) is 11.6 Å². The van der Waals surface area contributed by atoms with Crippen LogP contribution in [-0.2, 0) is 4.74 Å². The molecule has 1 saturated heterocycles. The summed E-state index contributed by atoms with van der Waals surface area (Å²) in [6.07, 6.45) is 10.3. The SMILES string of the molecule is CCCC1CCC(c2ccc(OC(O)C3C=CC(C4CCC(C5CO5)C(F)=C4F)CC3)c(F)c2F)CC1. The second-order valence-corrected chi connectivity index (χ2v) is 11.4. The third kappa shape index (κ3) is 5.78. The van der Waals surface area contributed by atoms with Crippen LogP contribution in [0.25, 0.3) is 0 Å². The second kappa shape index (κ2) is 11.5. The van der Waals surface area contributed by atoms with E-state index in [2.05, 4.69) is 6.92 Å². The van der Waals surface area contributed by atoms with Gasteiger partial charge in [-0.05, 0) is 80.8 Å². The lowest BCUT2D eigenvalue weighted by Gasteiger charge is -2.34. The maximum atomic E-state index is 15.0. The van der Waals surface area contributed by atoms with Gasteiger partial charge in [-0.3, -0.25) is 0 Å². The van der Waals surface area contributed by atoms with Crippen molar-refractivity contribution < 1.29 is 32.1 Å². The van der Waals surface area contributed by atoms with E-state index in [-0.39, 0.29) is 23.7 Å². The zero-order valence-corrected chi connectivity index (χ0v) is 21.5. The van der Waals surface area contributed by atoms with E-state index in [0.29, 0.717) is 43.8 Å². The molecular formula is C30H38F4O3. The van der Waals surface area contributed by atoms with Crippen molar-refractivity contribution in [3.05, 3.63) is 53.1 Å². The Bertz CT molecular complexity index is 1010.